The van der Waals surface area contributed by atoms with Crippen molar-refractivity contribution in [1.29, 1.82) is 0 Å². The first-order valence-electron chi connectivity index (χ1n) is 3.93. The van der Waals surface area contributed by atoms with Crippen LogP contribution in [0.3, 0.4) is 0 Å². The Morgan fingerprint density at radius 3 is 2.14 bits per heavy atom. The van der Waals surface area contributed by atoms with Crippen molar-refractivity contribution in [3.63, 3.8) is 0 Å². The summed E-state index contributed by atoms with van der Waals surface area (Å²) < 4.78 is 22.5. The van der Waals surface area contributed by atoms with Gasteiger partial charge in [0, 0.05) is 16.9 Å². The summed E-state index contributed by atoms with van der Waals surface area (Å²) in [5.74, 6) is 0. The summed E-state index contributed by atoms with van der Waals surface area (Å²) in [7, 11) is -3.10. The molecule has 0 amide bonds. The number of benzene rings is 1. The number of alkyl halides is 2. The molecule has 0 saturated heterocycles. The fourth-order valence-electron chi connectivity index (χ4n) is 1.09. The molecule has 1 aromatic carbocycles. The highest BCUT2D eigenvalue weighted by Crippen LogP contribution is 2.20. The Labute approximate surface area is 101 Å². The molecule has 1 rings (SSSR count). The monoisotopic (exact) mass is 340 g/mol. The van der Waals surface area contributed by atoms with Gasteiger partial charge in [-0.05, 0) is 23.3 Å². The minimum atomic E-state index is -3.10. The van der Waals surface area contributed by atoms with Crippen molar-refractivity contribution in [3.8, 4) is 0 Å². The van der Waals surface area contributed by atoms with Gasteiger partial charge in [0.05, 0.1) is 4.90 Å². The number of rotatable bonds is 3. The van der Waals surface area contributed by atoms with Crippen molar-refractivity contribution in [3.05, 3.63) is 29.3 Å². The Morgan fingerprint density at radius 2 is 1.71 bits per heavy atom. The normalized spacial score (nSPS) is 11.6. The topological polar surface area (TPSA) is 34.1 Å². The van der Waals surface area contributed by atoms with Gasteiger partial charge in [0.25, 0.3) is 0 Å². The molecule has 0 radical (unpaired) electrons. The van der Waals surface area contributed by atoms with E-state index in [2.05, 4.69) is 31.9 Å². The van der Waals surface area contributed by atoms with E-state index in [0.717, 1.165) is 16.5 Å². The standard InChI is InChI=1S/C9H10Br2O2S/c1-14(12,13)9-3-2-7(5-10)8(4-9)6-11/h2-4H,5-6H2,1H3. The smallest absolute Gasteiger partial charge is 0.175 e. The lowest BCUT2D eigenvalue weighted by Crippen LogP contribution is -1.99. The summed E-state index contributed by atoms with van der Waals surface area (Å²) in [5.41, 5.74) is 2.11. The first kappa shape index (κ1) is 12.2. The van der Waals surface area contributed by atoms with Crippen LogP contribution in [0.1, 0.15) is 11.1 Å². The third-order valence-corrected chi connectivity index (χ3v) is 4.21. The van der Waals surface area contributed by atoms with Crippen LogP contribution in [0, 0.1) is 0 Å². The van der Waals surface area contributed by atoms with Gasteiger partial charge in [-0.3, -0.25) is 0 Å². The van der Waals surface area contributed by atoms with Crippen LogP contribution in [0.5, 0.6) is 0 Å². The Balaban J connectivity index is 3.28. The van der Waals surface area contributed by atoms with E-state index in [0.29, 0.717) is 10.2 Å². The van der Waals surface area contributed by atoms with E-state index in [1.807, 2.05) is 6.07 Å². The van der Waals surface area contributed by atoms with E-state index in [-0.39, 0.29) is 0 Å². The Hall–Kier alpha value is 0.130. The molecule has 2 nitrogen and oxygen atoms in total. The summed E-state index contributed by atoms with van der Waals surface area (Å²) >= 11 is 6.69. The van der Waals surface area contributed by atoms with Crippen LogP contribution in [-0.4, -0.2) is 14.7 Å². The minimum absolute atomic E-state index is 0.372. The molecule has 0 spiro atoms. The summed E-state index contributed by atoms with van der Waals surface area (Å²) in [6.45, 7) is 0. The average molecular weight is 342 g/mol. The molecule has 14 heavy (non-hydrogen) atoms. The lowest BCUT2D eigenvalue weighted by Gasteiger charge is -2.06. The first-order valence-corrected chi connectivity index (χ1v) is 8.06. The third-order valence-electron chi connectivity index (χ3n) is 1.89. The average Bonchev–Trinajstić information content (AvgIpc) is 2.15. The van der Waals surface area contributed by atoms with E-state index < -0.39 is 9.84 Å². The van der Waals surface area contributed by atoms with Gasteiger partial charge in [-0.15, -0.1) is 0 Å². The summed E-state index contributed by atoms with van der Waals surface area (Å²) in [6.07, 6.45) is 1.22. The highest BCUT2D eigenvalue weighted by molar-refractivity contribution is 9.09. The van der Waals surface area contributed by atoms with Gasteiger partial charge >= 0.3 is 0 Å². The molecule has 78 valence electrons. The highest BCUT2D eigenvalue weighted by Gasteiger charge is 2.09. The zero-order valence-corrected chi connectivity index (χ0v) is 11.6. The molecule has 0 saturated carbocycles. The zero-order chi connectivity index (χ0) is 10.8. The van der Waals surface area contributed by atoms with Crippen molar-refractivity contribution < 1.29 is 8.42 Å². The summed E-state index contributed by atoms with van der Waals surface area (Å²) in [6, 6.07) is 5.18. The van der Waals surface area contributed by atoms with Gasteiger partial charge < -0.3 is 0 Å². The molecule has 0 fully saturated rings. The molecule has 1 aromatic rings. The fraction of sp³-hybridized carbons (Fsp3) is 0.333. The third kappa shape index (κ3) is 2.81. The first-order chi connectivity index (χ1) is 6.49. The van der Waals surface area contributed by atoms with Crippen LogP contribution in [0.15, 0.2) is 23.1 Å². The Kier molecular flexibility index (Phi) is 4.15. The molecule has 5 heteroatoms. The molecular weight excluding hydrogens is 332 g/mol. The quantitative estimate of drug-likeness (QED) is 0.792. The Bertz CT molecular complexity index is 426. The summed E-state index contributed by atoms with van der Waals surface area (Å²) in [5, 5.41) is 1.40. The molecule has 0 bridgehead atoms. The fourth-order valence-corrected chi connectivity index (χ4v) is 2.83. The predicted octanol–water partition coefficient (Wildman–Crippen LogP) is 2.88. The highest BCUT2D eigenvalue weighted by atomic mass is 79.9. The zero-order valence-electron chi connectivity index (χ0n) is 7.63. The molecule has 0 heterocycles. The molecule has 0 aromatic heterocycles. The number of sulfone groups is 1. The van der Waals surface area contributed by atoms with Crippen LogP contribution in [-0.2, 0) is 20.5 Å². The maximum atomic E-state index is 11.3. The van der Waals surface area contributed by atoms with Crippen LogP contribution >= 0.6 is 31.9 Å². The number of hydrogen-bond acceptors (Lipinski definition) is 2. The molecule has 0 aliphatic carbocycles. The van der Waals surface area contributed by atoms with E-state index in [1.54, 1.807) is 12.1 Å². The number of halogens is 2. The van der Waals surface area contributed by atoms with Gasteiger partial charge in [0.1, 0.15) is 0 Å². The van der Waals surface area contributed by atoms with Gasteiger partial charge in [-0.1, -0.05) is 37.9 Å². The molecular formula is C9H10Br2O2S. The van der Waals surface area contributed by atoms with Gasteiger partial charge in [0.15, 0.2) is 9.84 Å². The van der Waals surface area contributed by atoms with Crippen molar-refractivity contribution >= 4 is 41.7 Å². The molecule has 0 atom stereocenters. The van der Waals surface area contributed by atoms with Crippen LogP contribution in [0.2, 0.25) is 0 Å². The second-order valence-electron chi connectivity index (χ2n) is 2.97. The lowest BCUT2D eigenvalue weighted by molar-refractivity contribution is 0.602. The predicted molar refractivity (Wildman–Crippen MR) is 64.8 cm³/mol. The SMILES string of the molecule is CS(=O)(=O)c1ccc(CBr)c(CBr)c1. The van der Waals surface area contributed by atoms with E-state index in [1.165, 1.54) is 6.26 Å². The van der Waals surface area contributed by atoms with E-state index in [9.17, 15) is 8.42 Å². The second-order valence-corrected chi connectivity index (χ2v) is 6.11. The van der Waals surface area contributed by atoms with Crippen molar-refractivity contribution in [2.24, 2.45) is 0 Å². The van der Waals surface area contributed by atoms with Gasteiger partial charge in [-0.25, -0.2) is 8.42 Å². The van der Waals surface area contributed by atoms with Crippen LogP contribution in [0.4, 0.5) is 0 Å². The van der Waals surface area contributed by atoms with Crippen molar-refractivity contribution in [2.45, 2.75) is 15.6 Å². The van der Waals surface area contributed by atoms with Crippen molar-refractivity contribution in [1.82, 2.24) is 0 Å². The minimum Gasteiger partial charge on any atom is -0.224 e. The van der Waals surface area contributed by atoms with E-state index >= 15 is 0 Å². The second kappa shape index (κ2) is 4.77. The van der Waals surface area contributed by atoms with E-state index in [4.69, 9.17) is 0 Å². The molecule has 0 N–H and O–H groups in total. The molecule has 0 aliphatic heterocycles. The van der Waals surface area contributed by atoms with Gasteiger partial charge in [0.2, 0.25) is 0 Å². The van der Waals surface area contributed by atoms with Gasteiger partial charge in [-0.2, -0.15) is 0 Å². The van der Waals surface area contributed by atoms with Crippen LogP contribution < -0.4 is 0 Å². The lowest BCUT2D eigenvalue weighted by atomic mass is 10.1. The van der Waals surface area contributed by atoms with Crippen LogP contribution in [0.25, 0.3) is 0 Å². The number of hydrogen-bond donors (Lipinski definition) is 0. The summed E-state index contributed by atoms with van der Waals surface area (Å²) in [4.78, 5) is 0.372. The van der Waals surface area contributed by atoms with Crippen molar-refractivity contribution in [2.75, 3.05) is 6.26 Å². The molecule has 0 aliphatic rings. The Morgan fingerprint density at radius 1 is 1.14 bits per heavy atom. The maximum absolute atomic E-state index is 11.3. The maximum Gasteiger partial charge on any atom is 0.175 e. The largest absolute Gasteiger partial charge is 0.224 e. The molecule has 0 unspecified atom stereocenters.